The van der Waals surface area contributed by atoms with E-state index in [-0.39, 0.29) is 24.4 Å². The lowest BCUT2D eigenvalue weighted by Gasteiger charge is -2.10. The van der Waals surface area contributed by atoms with Crippen LogP contribution in [0.2, 0.25) is 0 Å². The van der Waals surface area contributed by atoms with Crippen LogP contribution in [-0.2, 0) is 15.6 Å². The molecule has 2 unspecified atom stereocenters. The van der Waals surface area contributed by atoms with Gasteiger partial charge in [0.05, 0.1) is 10.8 Å². The zero-order chi connectivity index (χ0) is 14.4. The summed E-state index contributed by atoms with van der Waals surface area (Å²) in [5, 5.41) is 6.20. The van der Waals surface area contributed by atoms with E-state index >= 15 is 0 Å². The largest absolute Gasteiger partial charge is 0.352 e. The molecule has 1 aliphatic heterocycles. The van der Waals surface area contributed by atoms with Crippen LogP contribution < -0.4 is 10.6 Å². The Morgan fingerprint density at radius 3 is 2.71 bits per heavy atom. The van der Waals surface area contributed by atoms with Crippen LogP contribution in [0.1, 0.15) is 19.3 Å². The molecule has 1 heterocycles. The molecule has 0 aliphatic carbocycles. The molecule has 7 heteroatoms. The number of benzene rings is 1. The van der Waals surface area contributed by atoms with Crippen LogP contribution in [0, 0.1) is 0 Å². The first kappa shape index (κ1) is 18.6. The molecule has 1 aromatic carbocycles. The van der Waals surface area contributed by atoms with Crippen LogP contribution in [0.15, 0.2) is 33.6 Å². The van der Waals surface area contributed by atoms with E-state index in [9.17, 15) is 9.00 Å². The van der Waals surface area contributed by atoms with Gasteiger partial charge in [-0.15, -0.1) is 12.4 Å². The van der Waals surface area contributed by atoms with Gasteiger partial charge < -0.3 is 10.6 Å². The predicted molar refractivity (Wildman–Crippen MR) is 91.3 cm³/mol. The molecule has 0 aromatic heterocycles. The van der Waals surface area contributed by atoms with Gasteiger partial charge in [0.1, 0.15) is 0 Å². The molecule has 1 aliphatic rings. The van der Waals surface area contributed by atoms with Crippen molar-refractivity contribution >= 4 is 45.0 Å². The van der Waals surface area contributed by atoms with Gasteiger partial charge in [0.2, 0.25) is 5.91 Å². The maximum atomic E-state index is 12.0. The summed E-state index contributed by atoms with van der Waals surface area (Å²) in [7, 11) is -1.03. The molecule has 0 radical (unpaired) electrons. The second-order valence-corrected chi connectivity index (χ2v) is 7.35. The molecular formula is C14H20BrClN2O2S. The number of rotatable bonds is 6. The normalized spacial score (nSPS) is 18.8. The molecule has 1 amide bonds. The summed E-state index contributed by atoms with van der Waals surface area (Å²) in [6, 6.07) is 7.73. The van der Waals surface area contributed by atoms with Gasteiger partial charge in [-0.3, -0.25) is 9.00 Å². The van der Waals surface area contributed by atoms with E-state index in [1.165, 1.54) is 0 Å². The van der Waals surface area contributed by atoms with E-state index in [1.807, 2.05) is 24.3 Å². The topological polar surface area (TPSA) is 58.2 Å². The minimum atomic E-state index is -1.03. The SMILES string of the molecule is Cl.O=C(CCCS(=O)c1ccc(Br)cc1)NC1CCNC1. The van der Waals surface area contributed by atoms with Crippen molar-refractivity contribution < 1.29 is 9.00 Å². The van der Waals surface area contributed by atoms with Gasteiger partial charge in [0.25, 0.3) is 0 Å². The fraction of sp³-hybridized carbons (Fsp3) is 0.500. The highest BCUT2D eigenvalue weighted by Crippen LogP contribution is 2.14. The van der Waals surface area contributed by atoms with Crippen LogP contribution in [0.3, 0.4) is 0 Å². The fourth-order valence-corrected chi connectivity index (χ4v) is 3.49. The minimum absolute atomic E-state index is 0. The van der Waals surface area contributed by atoms with Crippen LogP contribution in [0.25, 0.3) is 0 Å². The third-order valence-corrected chi connectivity index (χ3v) is 5.22. The second-order valence-electron chi connectivity index (χ2n) is 4.86. The number of carbonyl (C=O) groups excluding carboxylic acids is 1. The van der Waals surface area contributed by atoms with Gasteiger partial charge >= 0.3 is 0 Å². The summed E-state index contributed by atoms with van der Waals surface area (Å²) in [5.41, 5.74) is 0. The first-order chi connectivity index (χ1) is 9.65. The summed E-state index contributed by atoms with van der Waals surface area (Å²) < 4.78 is 13.0. The number of amides is 1. The lowest BCUT2D eigenvalue weighted by atomic mass is 10.2. The van der Waals surface area contributed by atoms with Crippen molar-refractivity contribution in [1.29, 1.82) is 0 Å². The Bertz CT molecular complexity index is 478. The maximum absolute atomic E-state index is 12.0. The molecule has 1 saturated heterocycles. The Kier molecular flexibility index (Phi) is 8.48. The van der Waals surface area contributed by atoms with E-state index < -0.39 is 10.8 Å². The van der Waals surface area contributed by atoms with Crippen molar-refractivity contribution in [3.63, 3.8) is 0 Å². The van der Waals surface area contributed by atoms with Gasteiger partial charge in [0.15, 0.2) is 0 Å². The van der Waals surface area contributed by atoms with E-state index in [0.29, 0.717) is 18.6 Å². The summed E-state index contributed by atoms with van der Waals surface area (Å²) in [6.07, 6.45) is 2.09. The Balaban J connectivity index is 0.00000220. The molecule has 4 nitrogen and oxygen atoms in total. The molecule has 0 spiro atoms. The van der Waals surface area contributed by atoms with Crippen molar-refractivity contribution in [3.8, 4) is 0 Å². The summed E-state index contributed by atoms with van der Waals surface area (Å²) in [5.74, 6) is 0.587. The summed E-state index contributed by atoms with van der Waals surface area (Å²) in [6.45, 7) is 1.83. The van der Waals surface area contributed by atoms with E-state index in [2.05, 4.69) is 26.6 Å². The number of hydrogen-bond acceptors (Lipinski definition) is 3. The second kappa shape index (κ2) is 9.56. The van der Waals surface area contributed by atoms with Gasteiger partial charge in [-0.2, -0.15) is 0 Å². The molecule has 0 saturated carbocycles. The average Bonchev–Trinajstić information content (AvgIpc) is 2.92. The van der Waals surface area contributed by atoms with Crippen molar-refractivity contribution in [1.82, 2.24) is 10.6 Å². The lowest BCUT2D eigenvalue weighted by molar-refractivity contribution is -0.121. The average molecular weight is 396 g/mol. The minimum Gasteiger partial charge on any atom is -0.352 e. The van der Waals surface area contributed by atoms with E-state index in [0.717, 1.165) is 28.9 Å². The van der Waals surface area contributed by atoms with Crippen molar-refractivity contribution in [2.24, 2.45) is 0 Å². The third-order valence-electron chi connectivity index (χ3n) is 3.24. The Hall–Kier alpha value is -0.430. The predicted octanol–water partition coefficient (Wildman–Crippen LogP) is 2.24. The molecule has 118 valence electrons. The first-order valence-electron chi connectivity index (χ1n) is 6.79. The third kappa shape index (κ3) is 6.46. The van der Waals surface area contributed by atoms with Crippen molar-refractivity contribution in [2.75, 3.05) is 18.8 Å². The molecule has 2 rings (SSSR count). The quantitative estimate of drug-likeness (QED) is 0.776. The highest BCUT2D eigenvalue weighted by Gasteiger charge is 2.16. The highest BCUT2D eigenvalue weighted by molar-refractivity contribution is 9.10. The molecule has 2 atom stereocenters. The standard InChI is InChI=1S/C14H19BrN2O2S.ClH/c15-11-3-5-13(6-4-11)20(19)9-1-2-14(18)17-12-7-8-16-10-12;/h3-6,12,16H,1-2,7-10H2,(H,17,18);1H. The maximum Gasteiger partial charge on any atom is 0.220 e. The smallest absolute Gasteiger partial charge is 0.220 e. The monoisotopic (exact) mass is 394 g/mol. The Morgan fingerprint density at radius 1 is 1.38 bits per heavy atom. The van der Waals surface area contributed by atoms with Gasteiger partial charge in [0, 0.05) is 34.1 Å². The van der Waals surface area contributed by atoms with Crippen LogP contribution >= 0.6 is 28.3 Å². The number of hydrogen-bond donors (Lipinski definition) is 2. The molecule has 2 N–H and O–H groups in total. The Morgan fingerprint density at radius 2 is 2.10 bits per heavy atom. The van der Waals surface area contributed by atoms with Crippen molar-refractivity contribution in [2.45, 2.75) is 30.2 Å². The number of nitrogens with one attached hydrogen (secondary N) is 2. The Labute approximate surface area is 142 Å². The van der Waals surface area contributed by atoms with Gasteiger partial charge in [-0.05, 0) is 43.7 Å². The van der Waals surface area contributed by atoms with E-state index in [4.69, 9.17) is 0 Å². The molecule has 1 aromatic rings. The number of carbonyl (C=O) groups is 1. The zero-order valence-electron chi connectivity index (χ0n) is 11.6. The van der Waals surface area contributed by atoms with E-state index in [1.54, 1.807) is 0 Å². The molecule has 21 heavy (non-hydrogen) atoms. The molecule has 0 bridgehead atoms. The zero-order valence-corrected chi connectivity index (χ0v) is 14.9. The summed E-state index contributed by atoms with van der Waals surface area (Å²) in [4.78, 5) is 12.5. The van der Waals surface area contributed by atoms with Crippen molar-refractivity contribution in [3.05, 3.63) is 28.7 Å². The van der Waals surface area contributed by atoms with Gasteiger partial charge in [-0.25, -0.2) is 0 Å². The lowest BCUT2D eigenvalue weighted by Crippen LogP contribution is -2.36. The number of halogens is 2. The first-order valence-corrected chi connectivity index (χ1v) is 8.90. The highest BCUT2D eigenvalue weighted by atomic mass is 79.9. The summed E-state index contributed by atoms with van der Waals surface area (Å²) >= 11 is 3.35. The molecule has 1 fully saturated rings. The fourth-order valence-electron chi connectivity index (χ4n) is 2.15. The van der Waals surface area contributed by atoms with Gasteiger partial charge in [-0.1, -0.05) is 15.9 Å². The van der Waals surface area contributed by atoms with Crippen LogP contribution in [0.5, 0.6) is 0 Å². The van der Waals surface area contributed by atoms with Crippen LogP contribution in [-0.4, -0.2) is 35.0 Å². The van der Waals surface area contributed by atoms with Crippen LogP contribution in [0.4, 0.5) is 0 Å². The molecular weight excluding hydrogens is 376 g/mol.